The zero-order chi connectivity index (χ0) is 24.5. The summed E-state index contributed by atoms with van der Waals surface area (Å²) in [5.41, 5.74) is 7.19. The van der Waals surface area contributed by atoms with E-state index < -0.39 is 17.4 Å². The minimum atomic E-state index is -0.671. The van der Waals surface area contributed by atoms with Crippen molar-refractivity contribution in [3.8, 4) is 17.4 Å². The number of rotatable bonds is 7. The number of amidine groups is 1. The average molecular weight is 475 g/mol. The molecule has 2 aromatic heterocycles. The molecule has 1 unspecified atom stereocenters. The number of fused-ring (bicyclic) bond motifs is 1. The van der Waals surface area contributed by atoms with E-state index in [1.807, 2.05) is 12.1 Å². The molecule has 0 saturated heterocycles. The van der Waals surface area contributed by atoms with Crippen LogP contribution in [0.25, 0.3) is 5.95 Å². The molecule has 1 aliphatic rings. The van der Waals surface area contributed by atoms with E-state index in [0.717, 1.165) is 10.2 Å². The van der Waals surface area contributed by atoms with Crippen LogP contribution in [0.5, 0.6) is 11.5 Å². The first-order valence-electron chi connectivity index (χ1n) is 10.9. The van der Waals surface area contributed by atoms with Crippen molar-refractivity contribution in [2.45, 2.75) is 18.8 Å². The van der Waals surface area contributed by atoms with Crippen LogP contribution in [0.1, 0.15) is 34.0 Å². The molecule has 4 aromatic rings. The lowest BCUT2D eigenvalue weighted by atomic mass is 9.88. The maximum atomic E-state index is 15.8. The Morgan fingerprint density at radius 1 is 1.31 bits per heavy atom. The van der Waals surface area contributed by atoms with Gasteiger partial charge in [-0.15, -0.1) is 9.78 Å². The van der Waals surface area contributed by atoms with Crippen molar-refractivity contribution in [1.82, 2.24) is 24.7 Å². The van der Waals surface area contributed by atoms with Gasteiger partial charge in [0.1, 0.15) is 17.5 Å². The molecule has 0 bridgehead atoms. The van der Waals surface area contributed by atoms with Gasteiger partial charge in [0.2, 0.25) is 0 Å². The highest BCUT2D eigenvalue weighted by Crippen LogP contribution is 2.42. The average Bonchev–Trinajstić information content (AvgIpc) is 3.51. The summed E-state index contributed by atoms with van der Waals surface area (Å²) in [5.74, 6) is 0.0241. The van der Waals surface area contributed by atoms with E-state index in [1.54, 1.807) is 24.3 Å². The third-order valence-electron chi connectivity index (χ3n) is 5.91. The number of benzene rings is 2. The zero-order valence-electron chi connectivity index (χ0n) is 18.8. The van der Waals surface area contributed by atoms with E-state index in [-0.39, 0.29) is 17.6 Å². The standard InChI is InChI=1S/C24H22FN7O3/c1-34-18-12-16(19(25)15-7-10-35-20(15)18)17(11-13-3-5-14(6-4-13)21(26)27)22-30-24(33)32(31-22)23-28-8-2-9-29-23/h2-6,8-9,12,17H,7,10-11H2,1H3,(H3,26,27)(H,30,31,33). The topological polar surface area (TPSA) is 145 Å². The third-order valence-corrected chi connectivity index (χ3v) is 5.91. The molecule has 178 valence electrons. The van der Waals surface area contributed by atoms with Gasteiger partial charge < -0.3 is 15.2 Å². The number of nitrogens with zero attached hydrogens (tertiary/aromatic N) is 4. The van der Waals surface area contributed by atoms with Gasteiger partial charge in [0.25, 0.3) is 5.95 Å². The molecule has 2 aromatic carbocycles. The first kappa shape index (κ1) is 22.3. The van der Waals surface area contributed by atoms with Gasteiger partial charge in [-0.25, -0.2) is 19.2 Å². The Labute approximate surface area is 199 Å². The highest BCUT2D eigenvalue weighted by molar-refractivity contribution is 5.94. The smallest absolute Gasteiger partial charge is 0.350 e. The Balaban J connectivity index is 1.64. The van der Waals surface area contributed by atoms with E-state index >= 15 is 4.39 Å². The Morgan fingerprint density at radius 3 is 2.74 bits per heavy atom. The van der Waals surface area contributed by atoms with Crippen molar-refractivity contribution in [2.24, 2.45) is 5.73 Å². The van der Waals surface area contributed by atoms with Crippen molar-refractivity contribution in [3.63, 3.8) is 0 Å². The van der Waals surface area contributed by atoms with Gasteiger partial charge in [-0.2, -0.15) is 0 Å². The molecular weight excluding hydrogens is 453 g/mol. The van der Waals surface area contributed by atoms with Crippen LogP contribution < -0.4 is 20.9 Å². The quantitative estimate of drug-likeness (QED) is 0.274. The van der Waals surface area contributed by atoms with E-state index in [0.29, 0.717) is 47.6 Å². The Bertz CT molecular complexity index is 1450. The van der Waals surface area contributed by atoms with E-state index in [9.17, 15) is 4.79 Å². The molecule has 0 radical (unpaired) electrons. The second-order valence-corrected chi connectivity index (χ2v) is 8.03. The highest BCUT2D eigenvalue weighted by atomic mass is 19.1. The van der Waals surface area contributed by atoms with Crippen molar-refractivity contribution < 1.29 is 13.9 Å². The van der Waals surface area contributed by atoms with Crippen molar-refractivity contribution in [2.75, 3.05) is 13.7 Å². The lowest BCUT2D eigenvalue weighted by Gasteiger charge is -2.19. The van der Waals surface area contributed by atoms with Gasteiger partial charge in [-0.3, -0.25) is 10.4 Å². The van der Waals surface area contributed by atoms with Gasteiger partial charge >= 0.3 is 5.69 Å². The number of nitrogens with one attached hydrogen (secondary N) is 2. The Kier molecular flexibility index (Phi) is 5.73. The lowest BCUT2D eigenvalue weighted by Crippen LogP contribution is -2.18. The van der Waals surface area contributed by atoms with E-state index in [4.69, 9.17) is 20.6 Å². The molecule has 3 heterocycles. The van der Waals surface area contributed by atoms with Crippen LogP contribution in [0.4, 0.5) is 4.39 Å². The van der Waals surface area contributed by atoms with Gasteiger partial charge in [0.15, 0.2) is 11.5 Å². The number of nitrogen functional groups attached to an aromatic ring is 1. The maximum absolute atomic E-state index is 15.8. The molecule has 10 nitrogen and oxygen atoms in total. The Hall–Kier alpha value is -4.54. The lowest BCUT2D eigenvalue weighted by molar-refractivity contribution is 0.325. The molecule has 0 spiro atoms. The number of aromatic amines is 1. The number of halogens is 1. The normalized spacial score (nSPS) is 13.2. The molecule has 11 heteroatoms. The fourth-order valence-corrected chi connectivity index (χ4v) is 4.18. The summed E-state index contributed by atoms with van der Waals surface area (Å²) >= 11 is 0. The predicted octanol–water partition coefficient (Wildman–Crippen LogP) is 2.09. The summed E-state index contributed by atoms with van der Waals surface area (Å²) in [4.78, 5) is 23.6. The fraction of sp³-hybridized carbons (Fsp3) is 0.208. The summed E-state index contributed by atoms with van der Waals surface area (Å²) in [6.45, 7) is 0.361. The van der Waals surface area contributed by atoms with Crippen LogP contribution in [0.2, 0.25) is 0 Å². The summed E-state index contributed by atoms with van der Waals surface area (Å²) in [5, 5.41) is 12.0. The van der Waals surface area contributed by atoms with Crippen LogP contribution in [-0.2, 0) is 12.8 Å². The van der Waals surface area contributed by atoms with Crippen LogP contribution >= 0.6 is 0 Å². The van der Waals surface area contributed by atoms with Crippen LogP contribution in [0.15, 0.2) is 53.6 Å². The largest absolute Gasteiger partial charge is 0.493 e. The summed E-state index contributed by atoms with van der Waals surface area (Å²) in [6, 6.07) is 10.3. The van der Waals surface area contributed by atoms with Crippen LogP contribution in [0, 0.1) is 11.2 Å². The third kappa shape index (κ3) is 4.12. The molecule has 1 aliphatic heterocycles. The Morgan fingerprint density at radius 2 is 2.06 bits per heavy atom. The number of aromatic nitrogens is 5. The van der Waals surface area contributed by atoms with Crippen molar-refractivity contribution in [1.29, 1.82) is 5.41 Å². The SMILES string of the molecule is COc1cc(C(Cc2ccc(C(=N)N)cc2)c2nn(-c3ncccn3)c(=O)[nH]2)c(F)c2c1OCC2. The second-order valence-electron chi connectivity index (χ2n) is 8.03. The molecule has 0 aliphatic carbocycles. The van der Waals surface area contributed by atoms with Gasteiger partial charge in [0.05, 0.1) is 19.6 Å². The molecule has 5 rings (SSSR count). The monoisotopic (exact) mass is 475 g/mol. The molecule has 4 N–H and O–H groups in total. The summed E-state index contributed by atoms with van der Waals surface area (Å²) in [6.07, 6.45) is 3.72. The number of methoxy groups -OCH3 is 1. The van der Waals surface area contributed by atoms with Gasteiger partial charge in [-0.1, -0.05) is 24.3 Å². The molecule has 35 heavy (non-hydrogen) atoms. The number of hydrogen-bond acceptors (Lipinski definition) is 7. The predicted molar refractivity (Wildman–Crippen MR) is 125 cm³/mol. The zero-order valence-corrected chi connectivity index (χ0v) is 18.8. The van der Waals surface area contributed by atoms with E-state index in [1.165, 1.54) is 19.5 Å². The molecule has 0 saturated carbocycles. The van der Waals surface area contributed by atoms with E-state index in [2.05, 4.69) is 20.1 Å². The van der Waals surface area contributed by atoms with Crippen molar-refractivity contribution >= 4 is 5.84 Å². The summed E-state index contributed by atoms with van der Waals surface area (Å²) in [7, 11) is 1.50. The number of nitrogens with two attached hydrogens (primary N) is 1. The minimum Gasteiger partial charge on any atom is -0.493 e. The number of ether oxygens (including phenoxy) is 2. The first-order valence-corrected chi connectivity index (χ1v) is 10.9. The molecule has 0 fully saturated rings. The highest BCUT2D eigenvalue weighted by Gasteiger charge is 2.31. The van der Waals surface area contributed by atoms with Crippen LogP contribution in [0.3, 0.4) is 0 Å². The molecule has 0 amide bonds. The van der Waals surface area contributed by atoms with Crippen molar-refractivity contribution in [3.05, 3.63) is 93.2 Å². The number of H-pyrrole nitrogens is 1. The minimum absolute atomic E-state index is 0.0477. The van der Waals surface area contributed by atoms with Gasteiger partial charge in [-0.05, 0) is 24.1 Å². The van der Waals surface area contributed by atoms with Crippen LogP contribution in [-0.4, -0.2) is 44.3 Å². The maximum Gasteiger partial charge on any atom is 0.350 e. The molecule has 1 atom stereocenters. The fourth-order valence-electron chi connectivity index (χ4n) is 4.18. The molecular formula is C24H22FN7O3. The first-order chi connectivity index (χ1) is 17.0. The summed E-state index contributed by atoms with van der Waals surface area (Å²) < 4.78 is 27.9. The second kappa shape index (κ2) is 9.01. The number of hydrogen-bond donors (Lipinski definition) is 3. The van der Waals surface area contributed by atoms with Gasteiger partial charge in [0, 0.05) is 35.5 Å².